The molecule has 4 rings (SSSR count). The van der Waals surface area contributed by atoms with Crippen LogP contribution in [0.5, 0.6) is 5.75 Å². The minimum Gasteiger partial charge on any atom is -0.462 e. The summed E-state index contributed by atoms with van der Waals surface area (Å²) >= 11 is 0. The van der Waals surface area contributed by atoms with Crippen LogP contribution in [0.25, 0.3) is 11.0 Å². The Balaban J connectivity index is 1.63. The first kappa shape index (κ1) is 31.2. The van der Waals surface area contributed by atoms with Crippen molar-refractivity contribution in [2.45, 2.75) is 57.0 Å². The monoisotopic (exact) mass is 607 g/mol. The lowest BCUT2D eigenvalue weighted by Crippen LogP contribution is -2.46. The SMILES string of the molecule is CC(C)OC(=O)[C@H](C)NP(=O)(OC[C@H]1O[C@@H](n2ccc3c(=O)[nH]c(N)nc32)[C@@](O)(C#CCF)[C@H]1O)Oc1ccccc1. The fraction of sp³-hybridized carbons (Fsp3) is 0.423. The number of hydrogen-bond acceptors (Lipinski definition) is 11. The molecule has 42 heavy (non-hydrogen) atoms. The van der Waals surface area contributed by atoms with Crippen LogP contribution in [0.3, 0.4) is 0 Å². The maximum atomic E-state index is 13.8. The molecule has 3 heterocycles. The second kappa shape index (κ2) is 12.6. The predicted molar refractivity (Wildman–Crippen MR) is 148 cm³/mol. The Bertz CT molecular complexity index is 1590. The fourth-order valence-corrected chi connectivity index (χ4v) is 5.75. The van der Waals surface area contributed by atoms with E-state index in [-0.39, 0.29) is 22.7 Å². The number of alkyl halides is 1. The van der Waals surface area contributed by atoms with Gasteiger partial charge >= 0.3 is 13.7 Å². The molecular formula is C26H31FN5O9P. The summed E-state index contributed by atoms with van der Waals surface area (Å²) in [4.78, 5) is 31.2. The Morgan fingerprint density at radius 3 is 2.71 bits per heavy atom. The molecule has 0 bridgehead atoms. The summed E-state index contributed by atoms with van der Waals surface area (Å²) in [6.45, 7) is 2.90. The van der Waals surface area contributed by atoms with E-state index in [0.29, 0.717) is 0 Å². The van der Waals surface area contributed by atoms with Gasteiger partial charge in [-0.3, -0.25) is 19.1 Å². The average Bonchev–Trinajstić information content (AvgIpc) is 3.45. The number of fused-ring (bicyclic) bond motifs is 1. The second-order valence-electron chi connectivity index (χ2n) is 9.68. The highest BCUT2D eigenvalue weighted by atomic mass is 31.2. The molecule has 0 aliphatic carbocycles. The predicted octanol–water partition coefficient (Wildman–Crippen LogP) is 1.40. The number of nitrogen functional groups attached to an aromatic ring is 1. The van der Waals surface area contributed by atoms with Crippen LogP contribution in [-0.2, 0) is 23.4 Å². The molecule has 226 valence electrons. The number of carbonyl (C=O) groups excluding carboxylic acids is 1. The first-order valence-corrected chi connectivity index (χ1v) is 14.4. The van der Waals surface area contributed by atoms with Gasteiger partial charge < -0.3 is 34.5 Å². The Labute approximate surface area is 239 Å². The first-order chi connectivity index (χ1) is 19.9. The molecule has 6 N–H and O–H groups in total. The van der Waals surface area contributed by atoms with Crippen LogP contribution in [0.2, 0.25) is 0 Å². The topological polar surface area (TPSA) is 200 Å². The minimum absolute atomic E-state index is 0.00673. The van der Waals surface area contributed by atoms with E-state index in [1.54, 1.807) is 32.0 Å². The Morgan fingerprint density at radius 1 is 1.33 bits per heavy atom. The van der Waals surface area contributed by atoms with Crippen molar-refractivity contribution in [2.24, 2.45) is 0 Å². The molecule has 6 atom stereocenters. The normalized spacial score (nSPS) is 24.1. The fourth-order valence-electron chi connectivity index (χ4n) is 4.25. The summed E-state index contributed by atoms with van der Waals surface area (Å²) in [6, 6.07) is 8.22. The van der Waals surface area contributed by atoms with Crippen LogP contribution in [0.15, 0.2) is 47.4 Å². The van der Waals surface area contributed by atoms with Crippen molar-refractivity contribution in [3.63, 3.8) is 0 Å². The number of aliphatic hydroxyl groups is 2. The molecule has 1 unspecified atom stereocenters. The van der Waals surface area contributed by atoms with Gasteiger partial charge in [0, 0.05) is 6.20 Å². The van der Waals surface area contributed by atoms with Crippen LogP contribution in [0.4, 0.5) is 10.3 Å². The molecule has 2 aromatic heterocycles. The second-order valence-corrected chi connectivity index (χ2v) is 11.4. The molecule has 1 saturated heterocycles. The van der Waals surface area contributed by atoms with E-state index >= 15 is 0 Å². The number of nitrogens with one attached hydrogen (secondary N) is 2. The summed E-state index contributed by atoms with van der Waals surface area (Å²) < 4.78 is 50.3. The molecule has 3 aromatic rings. The van der Waals surface area contributed by atoms with Gasteiger partial charge in [-0.1, -0.05) is 30.0 Å². The maximum absolute atomic E-state index is 13.8. The molecule has 1 fully saturated rings. The molecular weight excluding hydrogens is 576 g/mol. The van der Waals surface area contributed by atoms with Crippen LogP contribution < -0.4 is 20.9 Å². The van der Waals surface area contributed by atoms with Crippen molar-refractivity contribution < 1.29 is 42.5 Å². The van der Waals surface area contributed by atoms with Crippen LogP contribution in [0.1, 0.15) is 27.0 Å². The molecule has 1 aliphatic rings. The zero-order chi connectivity index (χ0) is 30.7. The van der Waals surface area contributed by atoms with Crippen LogP contribution in [0, 0.1) is 11.8 Å². The number of aromatic amines is 1. The number of hydrogen-bond donors (Lipinski definition) is 5. The van der Waals surface area contributed by atoms with E-state index in [1.165, 1.54) is 35.9 Å². The minimum atomic E-state index is -4.37. The molecule has 0 radical (unpaired) electrons. The molecule has 1 aliphatic heterocycles. The van der Waals surface area contributed by atoms with Crippen LogP contribution in [-0.4, -0.2) is 74.0 Å². The molecule has 0 spiro atoms. The van der Waals surface area contributed by atoms with Gasteiger partial charge in [-0.25, -0.2) is 8.96 Å². The maximum Gasteiger partial charge on any atom is 0.459 e. The quantitative estimate of drug-likeness (QED) is 0.126. The summed E-state index contributed by atoms with van der Waals surface area (Å²) in [7, 11) is -4.37. The van der Waals surface area contributed by atoms with E-state index in [9.17, 15) is 28.8 Å². The Morgan fingerprint density at radius 2 is 2.05 bits per heavy atom. The zero-order valence-corrected chi connectivity index (χ0v) is 23.8. The third-order valence-corrected chi connectivity index (χ3v) is 7.77. The van der Waals surface area contributed by atoms with Crippen LogP contribution >= 0.6 is 7.75 Å². The van der Waals surface area contributed by atoms with E-state index in [1.807, 2.05) is 0 Å². The Hall–Kier alpha value is -3.77. The van der Waals surface area contributed by atoms with Crippen molar-refractivity contribution in [1.82, 2.24) is 19.6 Å². The number of carbonyl (C=O) groups is 1. The highest BCUT2D eigenvalue weighted by molar-refractivity contribution is 7.52. The third-order valence-electron chi connectivity index (χ3n) is 6.13. The zero-order valence-electron chi connectivity index (χ0n) is 22.9. The van der Waals surface area contributed by atoms with E-state index in [2.05, 4.69) is 26.9 Å². The van der Waals surface area contributed by atoms with Gasteiger partial charge in [0.15, 0.2) is 17.5 Å². The number of esters is 1. The summed E-state index contributed by atoms with van der Waals surface area (Å²) in [5.74, 6) is 3.56. The summed E-state index contributed by atoms with van der Waals surface area (Å²) in [5, 5.41) is 25.2. The lowest BCUT2D eigenvalue weighted by molar-refractivity contribution is -0.149. The standard InChI is InChI=1S/C26H31FN5O9P/c1-15(2)39-23(35)16(3)31-42(37,41-17-8-5-4-6-9-17)38-14-19-20(33)26(36,11-7-12-27)24(40-19)32-13-10-18-21(32)29-25(28)30-22(18)34/h4-6,8-10,13,15-16,19-20,24,33,36H,12,14H2,1-3H3,(H,31,37)(H3,28,29,30,34)/t16-,19+,20-,24+,26+,42?/m0/s1. The largest absolute Gasteiger partial charge is 0.462 e. The molecule has 0 amide bonds. The van der Waals surface area contributed by atoms with Crippen molar-refractivity contribution in [3.05, 3.63) is 52.9 Å². The number of halogens is 1. The van der Waals surface area contributed by atoms with Crippen molar-refractivity contribution >= 4 is 30.7 Å². The van der Waals surface area contributed by atoms with Gasteiger partial charge in [-0.2, -0.15) is 10.1 Å². The van der Waals surface area contributed by atoms with Gasteiger partial charge in [-0.05, 0) is 39.0 Å². The summed E-state index contributed by atoms with van der Waals surface area (Å²) in [6.07, 6.45) is -3.88. The molecule has 16 heteroatoms. The number of aromatic nitrogens is 3. The number of aliphatic hydroxyl groups excluding tert-OH is 1. The lowest BCUT2D eigenvalue weighted by Gasteiger charge is -2.27. The van der Waals surface area contributed by atoms with Gasteiger partial charge in [0.1, 0.15) is 30.7 Å². The number of anilines is 1. The number of para-hydroxylation sites is 1. The third kappa shape index (κ3) is 6.65. The molecule has 1 aromatic carbocycles. The molecule has 0 saturated carbocycles. The first-order valence-electron chi connectivity index (χ1n) is 12.8. The van der Waals surface area contributed by atoms with Gasteiger partial charge in [0.2, 0.25) is 5.95 Å². The smallest absolute Gasteiger partial charge is 0.459 e. The number of nitrogens with zero attached hydrogens (tertiary/aromatic N) is 2. The highest BCUT2D eigenvalue weighted by Crippen LogP contribution is 2.47. The number of nitrogens with two attached hydrogens (primary N) is 1. The van der Waals surface area contributed by atoms with Gasteiger partial charge in [0.25, 0.3) is 5.56 Å². The lowest BCUT2D eigenvalue weighted by atomic mass is 9.94. The van der Waals surface area contributed by atoms with E-state index in [4.69, 9.17) is 24.3 Å². The van der Waals surface area contributed by atoms with Crippen molar-refractivity contribution in [3.8, 4) is 17.6 Å². The Kier molecular flexibility index (Phi) is 9.37. The highest BCUT2D eigenvalue weighted by Gasteiger charge is 2.56. The summed E-state index contributed by atoms with van der Waals surface area (Å²) in [5.41, 5.74) is 2.68. The van der Waals surface area contributed by atoms with E-state index < -0.39 is 68.7 Å². The average molecular weight is 608 g/mol. The number of H-pyrrole nitrogens is 1. The van der Waals surface area contributed by atoms with Crippen molar-refractivity contribution in [1.29, 1.82) is 0 Å². The molecule has 14 nitrogen and oxygen atoms in total. The van der Waals surface area contributed by atoms with E-state index in [0.717, 1.165) is 0 Å². The number of benzene rings is 1. The number of rotatable bonds is 10. The van der Waals surface area contributed by atoms with Gasteiger partial charge in [-0.15, -0.1) is 0 Å². The van der Waals surface area contributed by atoms with Gasteiger partial charge in [0.05, 0.1) is 18.1 Å². The van der Waals surface area contributed by atoms with Crippen molar-refractivity contribution in [2.75, 3.05) is 19.0 Å². The number of ether oxygens (including phenoxy) is 2.